The van der Waals surface area contributed by atoms with E-state index >= 15 is 0 Å². The highest BCUT2D eigenvalue weighted by Gasteiger charge is 2.28. The second kappa shape index (κ2) is 12.3. The lowest BCUT2D eigenvalue weighted by Crippen LogP contribution is -2.39. The molecular weight excluding hydrogens is 510 g/mol. The molecule has 3 aromatic rings. The number of aryl methyl sites for hydroxylation is 2. The van der Waals surface area contributed by atoms with Gasteiger partial charge in [0.25, 0.3) is 15.9 Å². The van der Waals surface area contributed by atoms with Crippen molar-refractivity contribution in [2.45, 2.75) is 25.7 Å². The fraction of sp³-hybridized carbons (Fsp3) is 0.259. The smallest absolute Gasteiger partial charge is 0.264 e. The number of phenolic OH excluding ortho intramolecular Hbond substituents is 1. The first-order chi connectivity index (χ1) is 18.1. The van der Waals surface area contributed by atoms with Crippen molar-refractivity contribution in [3.63, 3.8) is 0 Å². The predicted molar refractivity (Wildman–Crippen MR) is 145 cm³/mol. The Morgan fingerprint density at radius 3 is 2.29 bits per heavy atom. The second-order valence-corrected chi connectivity index (χ2v) is 10.2. The average Bonchev–Trinajstić information content (AvgIpc) is 2.88. The summed E-state index contributed by atoms with van der Waals surface area (Å²) in [6.07, 6.45) is 1.36. The standard InChI is InChI=1S/C27H31N3O7S/c1-6-37-25-14-20(7-9-23(25)31)16-28-29-27(32)17-30(21-12-18(2)11-19(3)13-21)38(33,34)22-8-10-24(35-4)26(15-22)36-5/h7-16,31H,6,17H2,1-5H3,(H,29,32)/b28-16-. The molecule has 202 valence electrons. The summed E-state index contributed by atoms with van der Waals surface area (Å²) in [6.45, 7) is 5.31. The summed E-state index contributed by atoms with van der Waals surface area (Å²) in [5, 5.41) is 13.8. The van der Waals surface area contributed by atoms with Crippen molar-refractivity contribution in [3.05, 3.63) is 71.3 Å². The van der Waals surface area contributed by atoms with Crippen LogP contribution in [0.4, 0.5) is 5.69 Å². The number of rotatable bonds is 11. The summed E-state index contributed by atoms with van der Waals surface area (Å²) in [6, 6.07) is 14.1. The number of sulfonamides is 1. The van der Waals surface area contributed by atoms with Crippen molar-refractivity contribution < 1.29 is 32.5 Å². The molecule has 0 saturated carbocycles. The van der Waals surface area contributed by atoms with Crippen molar-refractivity contribution >= 4 is 27.8 Å². The third-order valence-electron chi connectivity index (χ3n) is 5.41. The summed E-state index contributed by atoms with van der Waals surface area (Å²) in [5.74, 6) is 0.220. The Bertz CT molecular complexity index is 1420. The first-order valence-corrected chi connectivity index (χ1v) is 13.1. The number of carbonyl (C=O) groups is 1. The first-order valence-electron chi connectivity index (χ1n) is 11.7. The van der Waals surface area contributed by atoms with Crippen molar-refractivity contribution in [3.8, 4) is 23.0 Å². The van der Waals surface area contributed by atoms with Gasteiger partial charge in [-0.2, -0.15) is 5.10 Å². The zero-order chi connectivity index (χ0) is 27.9. The van der Waals surface area contributed by atoms with E-state index in [2.05, 4.69) is 10.5 Å². The molecule has 0 atom stereocenters. The van der Waals surface area contributed by atoms with Gasteiger partial charge >= 0.3 is 0 Å². The lowest BCUT2D eigenvalue weighted by Gasteiger charge is -2.25. The van der Waals surface area contributed by atoms with E-state index in [0.29, 0.717) is 23.6 Å². The molecule has 3 aromatic carbocycles. The van der Waals surface area contributed by atoms with E-state index in [1.165, 1.54) is 44.7 Å². The molecule has 2 N–H and O–H groups in total. The van der Waals surface area contributed by atoms with E-state index in [1.54, 1.807) is 31.2 Å². The van der Waals surface area contributed by atoms with E-state index < -0.39 is 22.5 Å². The maximum absolute atomic E-state index is 13.8. The van der Waals surface area contributed by atoms with Gasteiger partial charge in [-0.15, -0.1) is 0 Å². The Kier molecular flexibility index (Phi) is 9.19. The number of amides is 1. The quantitative estimate of drug-likeness (QED) is 0.279. The number of carbonyl (C=O) groups excluding carboxylic acids is 1. The Labute approximate surface area is 222 Å². The van der Waals surface area contributed by atoms with Crippen LogP contribution >= 0.6 is 0 Å². The Morgan fingerprint density at radius 2 is 1.66 bits per heavy atom. The number of nitrogens with zero attached hydrogens (tertiary/aromatic N) is 2. The number of benzene rings is 3. The Balaban J connectivity index is 1.90. The normalized spacial score (nSPS) is 11.3. The highest BCUT2D eigenvalue weighted by atomic mass is 32.2. The average molecular weight is 542 g/mol. The van der Waals surface area contributed by atoms with E-state index in [9.17, 15) is 18.3 Å². The zero-order valence-electron chi connectivity index (χ0n) is 21.9. The third kappa shape index (κ3) is 6.74. The second-order valence-electron chi connectivity index (χ2n) is 8.33. The molecule has 3 rings (SSSR count). The molecule has 0 radical (unpaired) electrons. The summed E-state index contributed by atoms with van der Waals surface area (Å²) in [7, 11) is -1.33. The van der Waals surface area contributed by atoms with Gasteiger partial charge < -0.3 is 19.3 Å². The van der Waals surface area contributed by atoms with Crippen LogP contribution in [0.5, 0.6) is 23.0 Å². The van der Waals surface area contributed by atoms with Gasteiger partial charge in [0.15, 0.2) is 23.0 Å². The van der Waals surface area contributed by atoms with Crippen molar-refractivity contribution in [2.24, 2.45) is 5.10 Å². The zero-order valence-corrected chi connectivity index (χ0v) is 22.7. The van der Waals surface area contributed by atoms with E-state index in [4.69, 9.17) is 14.2 Å². The van der Waals surface area contributed by atoms with E-state index in [1.807, 2.05) is 19.9 Å². The molecule has 38 heavy (non-hydrogen) atoms. The molecule has 0 unspecified atom stereocenters. The van der Waals surface area contributed by atoms with Crippen LogP contribution in [0.3, 0.4) is 0 Å². The monoisotopic (exact) mass is 541 g/mol. The minimum absolute atomic E-state index is 0.0162. The van der Waals surface area contributed by atoms with Crippen molar-refractivity contribution in [1.29, 1.82) is 0 Å². The maximum Gasteiger partial charge on any atom is 0.264 e. The number of hydrogen-bond acceptors (Lipinski definition) is 8. The fourth-order valence-corrected chi connectivity index (χ4v) is 5.16. The van der Waals surface area contributed by atoms with Gasteiger partial charge in [-0.3, -0.25) is 9.10 Å². The molecule has 0 aromatic heterocycles. The van der Waals surface area contributed by atoms with Crippen LogP contribution in [0.15, 0.2) is 64.6 Å². The van der Waals surface area contributed by atoms with Crippen LogP contribution in [0.1, 0.15) is 23.6 Å². The number of nitrogens with one attached hydrogen (secondary N) is 1. The summed E-state index contributed by atoms with van der Waals surface area (Å²) in [4.78, 5) is 12.8. The van der Waals surface area contributed by atoms with Gasteiger partial charge in [0.05, 0.1) is 37.6 Å². The SMILES string of the molecule is CCOc1cc(/C=N\NC(=O)CN(c2cc(C)cc(C)c2)S(=O)(=O)c2ccc(OC)c(OC)c2)ccc1O. The van der Waals surface area contributed by atoms with Crippen molar-refractivity contribution in [1.82, 2.24) is 5.43 Å². The number of phenols is 1. The van der Waals surface area contributed by atoms with Crippen LogP contribution in [-0.2, 0) is 14.8 Å². The predicted octanol–water partition coefficient (Wildman–Crippen LogP) is 3.77. The van der Waals surface area contributed by atoms with Crippen LogP contribution < -0.4 is 23.9 Å². The molecule has 0 fully saturated rings. The van der Waals surface area contributed by atoms with Crippen LogP contribution in [-0.4, -0.2) is 53.0 Å². The highest BCUT2D eigenvalue weighted by Crippen LogP contribution is 2.32. The summed E-state index contributed by atoms with van der Waals surface area (Å²) in [5.41, 5.74) is 4.94. The molecule has 0 aliphatic heterocycles. The molecule has 0 aliphatic rings. The summed E-state index contributed by atoms with van der Waals surface area (Å²) >= 11 is 0. The lowest BCUT2D eigenvalue weighted by molar-refractivity contribution is -0.119. The minimum Gasteiger partial charge on any atom is -0.504 e. The Hall–Kier alpha value is -4.25. The van der Waals surface area contributed by atoms with Crippen LogP contribution in [0.2, 0.25) is 0 Å². The van der Waals surface area contributed by atoms with Gasteiger partial charge in [0.1, 0.15) is 6.54 Å². The number of hydrogen-bond donors (Lipinski definition) is 2. The van der Waals surface area contributed by atoms with Crippen molar-refractivity contribution in [2.75, 3.05) is 31.7 Å². The maximum atomic E-state index is 13.8. The molecule has 0 bridgehead atoms. The molecule has 11 heteroatoms. The minimum atomic E-state index is -4.19. The van der Waals surface area contributed by atoms with Crippen LogP contribution in [0.25, 0.3) is 0 Å². The molecular formula is C27H31N3O7S. The van der Waals surface area contributed by atoms with Crippen LogP contribution in [0, 0.1) is 13.8 Å². The Morgan fingerprint density at radius 1 is 0.974 bits per heavy atom. The van der Waals surface area contributed by atoms with Gasteiger partial charge in [0.2, 0.25) is 0 Å². The molecule has 0 saturated heterocycles. The topological polar surface area (TPSA) is 127 Å². The van der Waals surface area contributed by atoms with Gasteiger partial charge in [-0.05, 0) is 79.9 Å². The molecule has 0 aliphatic carbocycles. The molecule has 10 nitrogen and oxygen atoms in total. The number of ether oxygens (including phenoxy) is 3. The van der Waals surface area contributed by atoms with Gasteiger partial charge in [0, 0.05) is 6.07 Å². The molecule has 0 heterocycles. The molecule has 1 amide bonds. The summed E-state index contributed by atoms with van der Waals surface area (Å²) < 4.78 is 44.4. The number of methoxy groups -OCH3 is 2. The largest absolute Gasteiger partial charge is 0.504 e. The number of anilines is 1. The van der Waals surface area contributed by atoms with Gasteiger partial charge in [-0.25, -0.2) is 13.8 Å². The first kappa shape index (κ1) is 28.3. The third-order valence-corrected chi connectivity index (χ3v) is 7.18. The number of aromatic hydroxyl groups is 1. The highest BCUT2D eigenvalue weighted by molar-refractivity contribution is 7.92. The van der Waals surface area contributed by atoms with E-state index in [-0.39, 0.29) is 22.1 Å². The van der Waals surface area contributed by atoms with Gasteiger partial charge in [-0.1, -0.05) is 6.07 Å². The number of hydrazone groups is 1. The fourth-order valence-electron chi connectivity index (χ4n) is 3.74. The van der Waals surface area contributed by atoms with E-state index in [0.717, 1.165) is 15.4 Å². The lowest BCUT2D eigenvalue weighted by atomic mass is 10.1. The molecule has 0 spiro atoms.